The van der Waals surface area contributed by atoms with Crippen LogP contribution in [0, 0.1) is 0 Å². The minimum absolute atomic E-state index is 0.0618. The van der Waals surface area contributed by atoms with Gasteiger partial charge in [0.1, 0.15) is 5.69 Å². The number of aromatic nitrogens is 2. The standard InChI is InChI=1S/C19H16ClN3O/c1-12-9-14-5-2-3-8-18(14)23(12)19(24)17-11-16(21-22-17)13-6-4-7-15(20)10-13/h2-8,10-12H,9H2,1H3,(H,21,22)/t12-/m1/s1. The van der Waals surface area contributed by atoms with Crippen LogP contribution in [0.2, 0.25) is 5.02 Å². The van der Waals surface area contributed by atoms with Crippen molar-refractivity contribution in [3.63, 3.8) is 0 Å². The molecule has 2 aromatic carbocycles. The van der Waals surface area contributed by atoms with Crippen molar-refractivity contribution in [1.29, 1.82) is 0 Å². The molecule has 1 N–H and O–H groups in total. The van der Waals surface area contributed by atoms with Crippen LogP contribution in [-0.4, -0.2) is 22.1 Å². The monoisotopic (exact) mass is 337 g/mol. The van der Waals surface area contributed by atoms with Crippen LogP contribution in [0.1, 0.15) is 23.0 Å². The Morgan fingerprint density at radius 2 is 2.04 bits per heavy atom. The molecule has 0 spiro atoms. The van der Waals surface area contributed by atoms with Gasteiger partial charge in [-0.1, -0.05) is 41.9 Å². The molecule has 0 fully saturated rings. The third kappa shape index (κ3) is 2.49. The van der Waals surface area contributed by atoms with Crippen LogP contribution < -0.4 is 4.90 Å². The molecule has 0 radical (unpaired) electrons. The van der Waals surface area contributed by atoms with E-state index in [0.717, 1.165) is 17.7 Å². The van der Waals surface area contributed by atoms with Crippen molar-refractivity contribution in [1.82, 2.24) is 10.2 Å². The number of para-hydroxylation sites is 1. The molecule has 1 aliphatic rings. The summed E-state index contributed by atoms with van der Waals surface area (Å²) in [6, 6.07) is 17.4. The number of carbonyl (C=O) groups excluding carboxylic acids is 1. The number of hydrogen-bond acceptors (Lipinski definition) is 2. The van der Waals surface area contributed by atoms with Gasteiger partial charge in [0.05, 0.1) is 5.69 Å². The van der Waals surface area contributed by atoms with Gasteiger partial charge in [0.25, 0.3) is 5.91 Å². The Kier molecular flexibility index (Phi) is 3.62. The van der Waals surface area contributed by atoms with E-state index in [1.54, 1.807) is 6.07 Å². The number of aromatic amines is 1. The Morgan fingerprint density at radius 1 is 1.21 bits per heavy atom. The fourth-order valence-corrected chi connectivity index (χ4v) is 3.42. The third-order valence-corrected chi connectivity index (χ3v) is 4.59. The lowest BCUT2D eigenvalue weighted by molar-refractivity contribution is 0.0976. The van der Waals surface area contributed by atoms with Crippen molar-refractivity contribution in [3.05, 3.63) is 70.9 Å². The summed E-state index contributed by atoms with van der Waals surface area (Å²) >= 11 is 6.03. The predicted molar refractivity (Wildman–Crippen MR) is 95.5 cm³/mol. The summed E-state index contributed by atoms with van der Waals surface area (Å²) in [4.78, 5) is 14.8. The van der Waals surface area contributed by atoms with E-state index in [1.165, 1.54) is 5.56 Å². The van der Waals surface area contributed by atoms with E-state index in [9.17, 15) is 4.79 Å². The molecule has 0 saturated heterocycles. The maximum atomic E-state index is 13.0. The highest BCUT2D eigenvalue weighted by molar-refractivity contribution is 6.30. The van der Waals surface area contributed by atoms with Crippen molar-refractivity contribution in [2.24, 2.45) is 0 Å². The van der Waals surface area contributed by atoms with Gasteiger partial charge in [0.2, 0.25) is 0 Å². The molecule has 0 unspecified atom stereocenters. The maximum Gasteiger partial charge on any atom is 0.276 e. The topological polar surface area (TPSA) is 49.0 Å². The molecule has 24 heavy (non-hydrogen) atoms. The lowest BCUT2D eigenvalue weighted by Crippen LogP contribution is -2.35. The molecule has 0 saturated carbocycles. The lowest BCUT2D eigenvalue weighted by atomic mass is 10.1. The average molecular weight is 338 g/mol. The smallest absolute Gasteiger partial charge is 0.276 e. The second kappa shape index (κ2) is 5.80. The van der Waals surface area contributed by atoms with Gasteiger partial charge in [-0.3, -0.25) is 9.89 Å². The normalized spacial score (nSPS) is 16.2. The first-order valence-corrected chi connectivity index (χ1v) is 8.24. The van der Waals surface area contributed by atoms with Crippen LogP contribution in [0.5, 0.6) is 0 Å². The molecular weight excluding hydrogens is 322 g/mol. The van der Waals surface area contributed by atoms with Gasteiger partial charge in [-0.2, -0.15) is 5.10 Å². The number of hydrogen-bond donors (Lipinski definition) is 1. The van der Waals surface area contributed by atoms with Crippen LogP contribution in [0.25, 0.3) is 11.3 Å². The number of amides is 1. The van der Waals surface area contributed by atoms with Crippen molar-refractivity contribution >= 4 is 23.2 Å². The zero-order chi connectivity index (χ0) is 16.7. The van der Waals surface area contributed by atoms with Gasteiger partial charge in [0.15, 0.2) is 0 Å². The quantitative estimate of drug-likeness (QED) is 0.757. The van der Waals surface area contributed by atoms with E-state index in [1.807, 2.05) is 47.4 Å². The van der Waals surface area contributed by atoms with Crippen LogP contribution in [0.4, 0.5) is 5.69 Å². The molecule has 0 aliphatic carbocycles. The van der Waals surface area contributed by atoms with Gasteiger partial charge in [-0.05, 0) is 43.2 Å². The number of carbonyl (C=O) groups is 1. The zero-order valence-corrected chi connectivity index (χ0v) is 13.9. The highest BCUT2D eigenvalue weighted by Crippen LogP contribution is 2.33. The van der Waals surface area contributed by atoms with Gasteiger partial charge < -0.3 is 4.90 Å². The highest BCUT2D eigenvalue weighted by Gasteiger charge is 2.32. The summed E-state index contributed by atoms with van der Waals surface area (Å²) in [5.41, 5.74) is 4.25. The molecule has 1 amide bonds. The van der Waals surface area contributed by atoms with E-state index in [2.05, 4.69) is 23.2 Å². The second-order valence-corrected chi connectivity index (χ2v) is 6.47. The maximum absolute atomic E-state index is 13.0. The van der Waals surface area contributed by atoms with E-state index in [0.29, 0.717) is 16.4 Å². The minimum Gasteiger partial charge on any atom is -0.304 e. The number of anilines is 1. The fraction of sp³-hybridized carbons (Fsp3) is 0.158. The lowest BCUT2D eigenvalue weighted by Gasteiger charge is -2.21. The number of nitrogens with one attached hydrogen (secondary N) is 1. The van der Waals surface area contributed by atoms with Crippen molar-refractivity contribution < 1.29 is 4.79 Å². The Morgan fingerprint density at radius 3 is 2.88 bits per heavy atom. The van der Waals surface area contributed by atoms with Gasteiger partial charge in [0, 0.05) is 22.3 Å². The van der Waals surface area contributed by atoms with Crippen LogP contribution in [0.15, 0.2) is 54.6 Å². The molecule has 0 bridgehead atoms. The van der Waals surface area contributed by atoms with Gasteiger partial charge in [-0.25, -0.2) is 0 Å². The summed E-state index contributed by atoms with van der Waals surface area (Å²) in [6.07, 6.45) is 0.872. The first kappa shape index (κ1) is 15.0. The summed E-state index contributed by atoms with van der Waals surface area (Å²) in [7, 11) is 0. The first-order chi connectivity index (χ1) is 11.6. The molecule has 1 aliphatic heterocycles. The molecule has 4 nitrogen and oxygen atoms in total. The highest BCUT2D eigenvalue weighted by atomic mass is 35.5. The zero-order valence-electron chi connectivity index (χ0n) is 13.2. The van der Waals surface area contributed by atoms with Gasteiger partial charge in [-0.15, -0.1) is 0 Å². The van der Waals surface area contributed by atoms with E-state index in [4.69, 9.17) is 11.6 Å². The van der Waals surface area contributed by atoms with E-state index < -0.39 is 0 Å². The Bertz CT molecular complexity index is 918. The largest absolute Gasteiger partial charge is 0.304 e. The van der Waals surface area contributed by atoms with E-state index in [-0.39, 0.29) is 11.9 Å². The molecule has 3 aromatic rings. The summed E-state index contributed by atoms with van der Waals surface area (Å²) < 4.78 is 0. The molecule has 120 valence electrons. The van der Waals surface area contributed by atoms with Crippen molar-refractivity contribution in [2.75, 3.05) is 4.90 Å². The Hall–Kier alpha value is -2.59. The fourth-order valence-electron chi connectivity index (χ4n) is 3.23. The van der Waals surface area contributed by atoms with Crippen LogP contribution in [0.3, 0.4) is 0 Å². The molecule has 2 heterocycles. The van der Waals surface area contributed by atoms with Crippen molar-refractivity contribution in [3.8, 4) is 11.3 Å². The molecular formula is C19H16ClN3O. The van der Waals surface area contributed by atoms with E-state index >= 15 is 0 Å². The SMILES string of the molecule is C[C@@H]1Cc2ccccc2N1C(=O)c1cc(-c2cccc(Cl)c2)n[nH]1. The minimum atomic E-state index is -0.0618. The molecule has 5 heteroatoms. The predicted octanol–water partition coefficient (Wildman–Crippen LogP) is 4.32. The Balaban J connectivity index is 1.67. The first-order valence-electron chi connectivity index (χ1n) is 7.86. The second-order valence-electron chi connectivity index (χ2n) is 6.03. The third-order valence-electron chi connectivity index (χ3n) is 4.35. The molecule has 1 atom stereocenters. The van der Waals surface area contributed by atoms with Crippen LogP contribution >= 0.6 is 11.6 Å². The number of rotatable bonds is 2. The summed E-state index contributed by atoms with van der Waals surface area (Å²) in [6.45, 7) is 2.06. The number of fused-ring (bicyclic) bond motifs is 1. The van der Waals surface area contributed by atoms with Crippen LogP contribution in [-0.2, 0) is 6.42 Å². The number of nitrogens with zero attached hydrogens (tertiary/aromatic N) is 2. The average Bonchev–Trinajstić information content (AvgIpc) is 3.18. The molecule has 1 aromatic heterocycles. The number of H-pyrrole nitrogens is 1. The van der Waals surface area contributed by atoms with Crippen molar-refractivity contribution in [2.45, 2.75) is 19.4 Å². The van der Waals surface area contributed by atoms with Gasteiger partial charge >= 0.3 is 0 Å². The Labute approximate surface area is 145 Å². The molecule has 4 rings (SSSR count). The summed E-state index contributed by atoms with van der Waals surface area (Å²) in [5, 5.41) is 7.78. The summed E-state index contributed by atoms with van der Waals surface area (Å²) in [5.74, 6) is -0.0618. The number of halogens is 1. The number of benzene rings is 2.